The Bertz CT molecular complexity index is 3050. The molecule has 53 nitrogen and oxygen atoms in total. The summed E-state index contributed by atoms with van der Waals surface area (Å²) in [4.78, 5) is 25.3. The van der Waals surface area contributed by atoms with Gasteiger partial charge in [-0.2, -0.15) is 0 Å². The molecule has 2 amide bonds. The zero-order valence-corrected chi connectivity index (χ0v) is 61.9. The second-order valence-electron chi connectivity index (χ2n) is 29.5. The zero-order valence-electron chi connectivity index (χ0n) is 61.9. The van der Waals surface area contributed by atoms with E-state index in [1.54, 1.807) is 0 Å². The van der Waals surface area contributed by atoms with Crippen LogP contribution in [-0.4, -0.2) is 538 Å². The van der Waals surface area contributed by atoms with Crippen LogP contribution in [0.2, 0.25) is 0 Å². The highest BCUT2D eigenvalue weighted by molar-refractivity contribution is 5.73. The maximum Gasteiger partial charge on any atom is 0.217 e. The molecule has 10 heterocycles. The van der Waals surface area contributed by atoms with Crippen molar-refractivity contribution in [2.24, 2.45) is 0 Å². The van der Waals surface area contributed by atoms with Gasteiger partial charge in [-0.25, -0.2) is 0 Å². The molecule has 10 rings (SSSR count). The third-order valence-corrected chi connectivity index (χ3v) is 21.6. The van der Waals surface area contributed by atoms with E-state index in [1.807, 2.05) is 0 Å². The van der Waals surface area contributed by atoms with Gasteiger partial charge in [0, 0.05) is 13.8 Å². The van der Waals surface area contributed by atoms with E-state index in [2.05, 4.69) is 10.6 Å². The molecule has 10 aliphatic heterocycles. The second-order valence-corrected chi connectivity index (χ2v) is 29.5. The van der Waals surface area contributed by atoms with Crippen molar-refractivity contribution in [2.75, 3.05) is 66.1 Å². The van der Waals surface area contributed by atoms with E-state index in [0.717, 1.165) is 13.8 Å². The summed E-state index contributed by atoms with van der Waals surface area (Å²) in [5, 5.41) is 337. The molecule has 10 aliphatic rings. The van der Waals surface area contributed by atoms with Gasteiger partial charge in [-0.3, -0.25) is 9.59 Å². The van der Waals surface area contributed by atoms with Crippen molar-refractivity contribution in [2.45, 2.75) is 321 Å². The van der Waals surface area contributed by atoms with Gasteiger partial charge in [0.05, 0.1) is 66.1 Å². The van der Waals surface area contributed by atoms with Gasteiger partial charge in [0.1, 0.15) is 244 Å². The molecule has 10 saturated heterocycles. The number of carbonyl (C=O) groups excluding carboxylic acids is 2. The minimum atomic E-state index is -2.68. The van der Waals surface area contributed by atoms with Crippen molar-refractivity contribution in [3.8, 4) is 0 Å². The Balaban J connectivity index is 1.04. The van der Waals surface area contributed by atoms with Gasteiger partial charge in [0.2, 0.25) is 11.8 Å². The first-order chi connectivity index (χ1) is 55.4. The van der Waals surface area contributed by atoms with Crippen LogP contribution in [0.1, 0.15) is 13.8 Å². The Labute approximate surface area is 660 Å². The number of aliphatic hydroxyl groups is 30. The normalized spacial score (nSPS) is 51.0. The van der Waals surface area contributed by atoms with Crippen molar-refractivity contribution in [1.82, 2.24) is 10.6 Å². The molecule has 50 atom stereocenters. The van der Waals surface area contributed by atoms with Crippen LogP contribution in [0.4, 0.5) is 0 Å². The Morgan fingerprint density at radius 2 is 0.573 bits per heavy atom. The average molecular weight is 1720 g/mol. The van der Waals surface area contributed by atoms with Gasteiger partial charge in [0.15, 0.2) is 62.9 Å². The summed E-state index contributed by atoms with van der Waals surface area (Å²) in [6.45, 7) is -9.52. The van der Waals surface area contributed by atoms with Crippen LogP contribution in [0, 0.1) is 0 Å². The summed E-state index contributed by atoms with van der Waals surface area (Å²) in [6.07, 6.45) is -105. The number of amides is 2. The largest absolute Gasteiger partial charge is 0.394 e. The molecule has 53 heteroatoms. The molecule has 32 N–H and O–H groups in total. The summed E-state index contributed by atoms with van der Waals surface area (Å²) in [5.74, 6) is -1.80. The number of aliphatic hydroxyl groups excluding tert-OH is 30. The van der Waals surface area contributed by atoms with Gasteiger partial charge in [-0.1, -0.05) is 0 Å². The quantitative estimate of drug-likeness (QED) is 0.0306. The number of nitrogens with one attached hydrogen (secondary N) is 2. The van der Waals surface area contributed by atoms with Crippen LogP contribution < -0.4 is 10.6 Å². The fourth-order valence-electron chi connectivity index (χ4n) is 15.0. The highest BCUT2D eigenvalue weighted by Crippen LogP contribution is 2.41. The van der Waals surface area contributed by atoms with Crippen LogP contribution in [-0.2, 0) is 99.6 Å². The third kappa shape index (κ3) is 20.7. The monoisotopic (exact) mass is 1720 g/mol. The first-order valence-electron chi connectivity index (χ1n) is 37.2. The maximum absolute atomic E-state index is 13.1. The van der Waals surface area contributed by atoms with Crippen LogP contribution in [0.3, 0.4) is 0 Å². The van der Waals surface area contributed by atoms with Crippen LogP contribution in [0.15, 0.2) is 0 Å². The zero-order chi connectivity index (χ0) is 85.9. The van der Waals surface area contributed by atoms with Crippen molar-refractivity contribution in [3.63, 3.8) is 0 Å². The van der Waals surface area contributed by atoms with Gasteiger partial charge in [-0.05, 0) is 0 Å². The number of hydrogen-bond acceptors (Lipinski definition) is 51. The molecule has 0 aliphatic carbocycles. The summed E-state index contributed by atoms with van der Waals surface area (Å²) >= 11 is 0. The van der Waals surface area contributed by atoms with E-state index in [-0.39, 0.29) is 0 Å². The number of ether oxygens (including phenoxy) is 19. The first kappa shape index (κ1) is 96.2. The lowest BCUT2D eigenvalue weighted by atomic mass is 9.94. The molecule has 0 bridgehead atoms. The molecule has 50 unspecified atom stereocenters. The van der Waals surface area contributed by atoms with Crippen molar-refractivity contribution in [1.29, 1.82) is 0 Å². The van der Waals surface area contributed by atoms with E-state index in [1.165, 1.54) is 0 Å². The molecule has 10 fully saturated rings. The fraction of sp³-hybridized carbons (Fsp3) is 0.969. The first-order valence-corrected chi connectivity index (χ1v) is 37.2. The Morgan fingerprint density at radius 3 is 1.03 bits per heavy atom. The number of carbonyl (C=O) groups is 2. The topological polar surface area (TPSA) is 840 Å². The molecule has 0 spiro atoms. The van der Waals surface area contributed by atoms with Crippen LogP contribution >= 0.6 is 0 Å². The predicted octanol–water partition coefficient (Wildman–Crippen LogP) is -22.5. The highest BCUT2D eigenvalue weighted by atomic mass is 16.8. The minimum Gasteiger partial charge on any atom is -0.394 e. The van der Waals surface area contributed by atoms with Crippen molar-refractivity contribution < 1.29 is 253 Å². The fourth-order valence-corrected chi connectivity index (χ4v) is 15.0. The van der Waals surface area contributed by atoms with E-state index in [9.17, 15) is 163 Å². The average Bonchev–Trinajstić information content (AvgIpc) is 1.04. The summed E-state index contributed by atoms with van der Waals surface area (Å²) in [5.41, 5.74) is 0. The van der Waals surface area contributed by atoms with Crippen molar-refractivity contribution in [3.05, 3.63) is 0 Å². The third-order valence-electron chi connectivity index (χ3n) is 21.6. The standard InChI is InChI=1S/C64H108N2O51/c1-13(75)65-25-34(85)48(21(9-73)101-55(25)98)111-56-26(66-14(2)76)35(86)49(22(10-74)107-56)112-61-46(97)50(113-63-53(40(91)31(82)19(7-71)105-63)116-64-52(39(90)30(81)20(8-72)106-64)115-59-44(95)38(89)29(80)18(6-70)104-59)32(83)23(108-61)12-100-62-54(117-60-45(96)41(92)47(110-60)15(77)3-67)51(114-58-43(94)37(88)28(79)17(5-69)103-58)33(84)24(109-62)11-99-57-42(93)36(87)27(78)16(4-68)102-57/h15-64,67-74,77-98H,3-12H2,1-2H3,(H,65,75)(H,66,76). The van der Waals surface area contributed by atoms with E-state index < -0.39 is 385 Å². The molecule has 0 aromatic rings. The second kappa shape index (κ2) is 41.9. The summed E-state index contributed by atoms with van der Waals surface area (Å²) in [6, 6.07) is -3.68. The van der Waals surface area contributed by atoms with Crippen LogP contribution in [0.5, 0.6) is 0 Å². The highest BCUT2D eigenvalue weighted by Gasteiger charge is 2.62. The van der Waals surface area contributed by atoms with Gasteiger partial charge in [-0.15, -0.1) is 0 Å². The SMILES string of the molecule is CC(=O)NC1C(O)OC(CO)C(OC2OC(CO)C(OC3OC(COC4OC(COC5OC(CO)C(O)C(O)C5O)C(O)C(OC5OC(CO)C(O)C(O)C5O)C4OC4OC(C(O)CO)C(O)C4O)C(O)C(OC4OC(CO)C(O)C(O)C4OC4OC(CO)C(O)C(O)C4OC4OC(CO)C(O)C(O)C4O)C3O)C(O)C2NC(C)=O)C1O. The van der Waals surface area contributed by atoms with Gasteiger partial charge >= 0.3 is 0 Å². The van der Waals surface area contributed by atoms with Crippen LogP contribution in [0.25, 0.3) is 0 Å². The lowest BCUT2D eigenvalue weighted by Gasteiger charge is -2.51. The minimum absolute atomic E-state index is 0.813. The lowest BCUT2D eigenvalue weighted by Crippen LogP contribution is -2.70. The molecule has 680 valence electrons. The molecular formula is C64H108N2O51. The number of hydrogen-bond donors (Lipinski definition) is 32. The predicted molar refractivity (Wildman–Crippen MR) is 353 cm³/mol. The smallest absolute Gasteiger partial charge is 0.217 e. The Morgan fingerprint density at radius 1 is 0.265 bits per heavy atom. The molecule has 0 aromatic heterocycles. The summed E-state index contributed by atoms with van der Waals surface area (Å²) in [7, 11) is 0. The van der Waals surface area contributed by atoms with E-state index in [4.69, 9.17) is 90.0 Å². The molecule has 0 radical (unpaired) electrons. The molecule has 0 aromatic carbocycles. The molecule has 0 saturated carbocycles. The number of rotatable bonds is 31. The van der Waals surface area contributed by atoms with Gasteiger partial charge in [0.25, 0.3) is 0 Å². The van der Waals surface area contributed by atoms with Crippen molar-refractivity contribution >= 4 is 11.8 Å². The summed E-state index contributed by atoms with van der Waals surface area (Å²) < 4.78 is 112. The Hall–Kier alpha value is -3.02. The van der Waals surface area contributed by atoms with E-state index >= 15 is 0 Å². The van der Waals surface area contributed by atoms with E-state index in [0.29, 0.717) is 0 Å². The Kier molecular flexibility index (Phi) is 34.4. The maximum atomic E-state index is 13.1. The molecular weight excluding hydrogens is 1610 g/mol. The van der Waals surface area contributed by atoms with Gasteiger partial charge < -0.3 is 254 Å². The molecule has 117 heavy (non-hydrogen) atoms. The lowest BCUT2D eigenvalue weighted by molar-refractivity contribution is -0.409.